The van der Waals surface area contributed by atoms with E-state index in [0.29, 0.717) is 0 Å². The van der Waals surface area contributed by atoms with Gasteiger partial charge in [0.05, 0.1) is 13.2 Å². The summed E-state index contributed by atoms with van der Waals surface area (Å²) in [4.78, 5) is 0. The molecule has 0 bridgehead atoms. The molecule has 0 heterocycles. The minimum atomic E-state index is 0.199. The fourth-order valence-electron chi connectivity index (χ4n) is 2.70. The van der Waals surface area contributed by atoms with Gasteiger partial charge in [-0.15, -0.1) is 0 Å². The highest BCUT2D eigenvalue weighted by molar-refractivity contribution is 5.44. The van der Waals surface area contributed by atoms with Gasteiger partial charge in [0.25, 0.3) is 0 Å². The third kappa shape index (κ3) is 3.45. The van der Waals surface area contributed by atoms with Gasteiger partial charge in [-0.2, -0.15) is 0 Å². The van der Waals surface area contributed by atoms with E-state index in [2.05, 4.69) is 69.4 Å². The summed E-state index contributed by atoms with van der Waals surface area (Å²) >= 11 is 0. The molecular formula is C19H25NO. The molecule has 2 nitrogen and oxygen atoms in total. The van der Waals surface area contributed by atoms with E-state index in [9.17, 15) is 0 Å². The molecule has 21 heavy (non-hydrogen) atoms. The van der Waals surface area contributed by atoms with Crippen LogP contribution in [0.4, 0.5) is 0 Å². The second-order valence-electron chi connectivity index (χ2n) is 5.58. The molecule has 2 rings (SSSR count). The molecule has 112 valence electrons. The highest BCUT2D eigenvalue weighted by Gasteiger charge is 2.16. The summed E-state index contributed by atoms with van der Waals surface area (Å²) < 4.78 is 5.48. The van der Waals surface area contributed by atoms with Crippen molar-refractivity contribution in [2.24, 2.45) is 0 Å². The number of ether oxygens (including phenoxy) is 1. The number of hydrogen-bond acceptors (Lipinski definition) is 2. The molecule has 1 N–H and O–H groups in total. The van der Waals surface area contributed by atoms with E-state index in [1.54, 1.807) is 7.11 Å². The first kappa shape index (κ1) is 15.6. The van der Waals surface area contributed by atoms with Crippen LogP contribution in [-0.2, 0) is 0 Å². The first-order chi connectivity index (χ1) is 10.1. The molecule has 0 aromatic heterocycles. The molecule has 2 aromatic rings. The highest BCUT2D eigenvalue weighted by Crippen LogP contribution is 2.29. The molecule has 0 saturated heterocycles. The molecule has 1 unspecified atom stereocenters. The maximum absolute atomic E-state index is 5.48. The van der Waals surface area contributed by atoms with E-state index in [-0.39, 0.29) is 6.04 Å². The Morgan fingerprint density at radius 2 is 1.71 bits per heavy atom. The van der Waals surface area contributed by atoms with Crippen LogP contribution in [0, 0.1) is 20.8 Å². The molecule has 0 spiro atoms. The van der Waals surface area contributed by atoms with E-state index in [1.165, 1.54) is 22.3 Å². The van der Waals surface area contributed by atoms with Crippen molar-refractivity contribution < 1.29 is 4.74 Å². The van der Waals surface area contributed by atoms with Crippen molar-refractivity contribution >= 4 is 0 Å². The lowest BCUT2D eigenvalue weighted by atomic mass is 9.93. The van der Waals surface area contributed by atoms with Gasteiger partial charge in [-0.25, -0.2) is 0 Å². The van der Waals surface area contributed by atoms with Crippen molar-refractivity contribution in [3.63, 3.8) is 0 Å². The standard InChI is InChI=1S/C19H25NO/c1-6-20-19(17-11-13(2)7-8-14(17)3)16-10-9-15(4)18(12-16)21-5/h7-12,19-20H,6H2,1-5H3. The van der Waals surface area contributed by atoms with Crippen LogP contribution in [0.15, 0.2) is 36.4 Å². The van der Waals surface area contributed by atoms with Crippen LogP contribution in [0.1, 0.15) is 40.8 Å². The van der Waals surface area contributed by atoms with Crippen LogP contribution in [0.25, 0.3) is 0 Å². The van der Waals surface area contributed by atoms with Crippen molar-refractivity contribution in [2.45, 2.75) is 33.7 Å². The predicted molar refractivity (Wildman–Crippen MR) is 89.2 cm³/mol. The van der Waals surface area contributed by atoms with Crippen molar-refractivity contribution in [3.05, 3.63) is 64.2 Å². The topological polar surface area (TPSA) is 21.3 Å². The molecule has 0 radical (unpaired) electrons. The van der Waals surface area contributed by atoms with Crippen molar-refractivity contribution in [1.29, 1.82) is 0 Å². The number of methoxy groups -OCH3 is 1. The molecule has 0 aliphatic rings. The van der Waals surface area contributed by atoms with Gasteiger partial charge in [-0.1, -0.05) is 42.8 Å². The van der Waals surface area contributed by atoms with Gasteiger partial charge in [0, 0.05) is 0 Å². The van der Waals surface area contributed by atoms with Crippen LogP contribution in [0.2, 0.25) is 0 Å². The number of hydrogen-bond donors (Lipinski definition) is 1. The van der Waals surface area contributed by atoms with Crippen molar-refractivity contribution in [1.82, 2.24) is 5.32 Å². The fourth-order valence-corrected chi connectivity index (χ4v) is 2.70. The number of aryl methyl sites for hydroxylation is 3. The van der Waals surface area contributed by atoms with E-state index in [0.717, 1.165) is 17.9 Å². The van der Waals surface area contributed by atoms with E-state index >= 15 is 0 Å². The molecule has 0 aliphatic carbocycles. The van der Waals surface area contributed by atoms with E-state index in [1.807, 2.05) is 0 Å². The van der Waals surface area contributed by atoms with Gasteiger partial charge in [-0.05, 0) is 55.6 Å². The van der Waals surface area contributed by atoms with E-state index in [4.69, 9.17) is 4.74 Å². The second kappa shape index (κ2) is 6.77. The molecule has 0 saturated carbocycles. The summed E-state index contributed by atoms with van der Waals surface area (Å²) in [7, 11) is 1.73. The predicted octanol–water partition coefficient (Wildman–Crippen LogP) is 4.32. The SMILES string of the molecule is CCNC(c1ccc(C)c(OC)c1)c1cc(C)ccc1C. The zero-order chi connectivity index (χ0) is 15.4. The van der Waals surface area contributed by atoms with Gasteiger partial charge in [0.15, 0.2) is 0 Å². The highest BCUT2D eigenvalue weighted by atomic mass is 16.5. The molecule has 2 heteroatoms. The summed E-state index contributed by atoms with van der Waals surface area (Å²) in [6.07, 6.45) is 0. The molecule has 0 amide bonds. The number of rotatable bonds is 5. The third-order valence-electron chi connectivity index (χ3n) is 3.92. The minimum absolute atomic E-state index is 0.199. The van der Waals surface area contributed by atoms with Gasteiger partial charge >= 0.3 is 0 Å². The van der Waals surface area contributed by atoms with Crippen molar-refractivity contribution in [3.8, 4) is 5.75 Å². The van der Waals surface area contributed by atoms with Crippen molar-refractivity contribution in [2.75, 3.05) is 13.7 Å². The maximum Gasteiger partial charge on any atom is 0.122 e. The average molecular weight is 283 g/mol. The molecule has 2 aromatic carbocycles. The smallest absolute Gasteiger partial charge is 0.122 e. The lowest BCUT2D eigenvalue weighted by Gasteiger charge is -2.22. The Kier molecular flexibility index (Phi) is 5.03. The van der Waals surface area contributed by atoms with E-state index < -0.39 is 0 Å². The zero-order valence-corrected chi connectivity index (χ0v) is 13.7. The lowest BCUT2D eigenvalue weighted by molar-refractivity contribution is 0.410. The Hall–Kier alpha value is -1.80. The first-order valence-electron chi connectivity index (χ1n) is 7.52. The minimum Gasteiger partial charge on any atom is -0.496 e. The second-order valence-corrected chi connectivity index (χ2v) is 5.58. The fraction of sp³-hybridized carbons (Fsp3) is 0.368. The third-order valence-corrected chi connectivity index (χ3v) is 3.92. The summed E-state index contributed by atoms with van der Waals surface area (Å²) in [5, 5.41) is 3.60. The monoisotopic (exact) mass is 283 g/mol. The summed E-state index contributed by atoms with van der Waals surface area (Å²) in [5.74, 6) is 0.945. The van der Waals surface area contributed by atoms with Gasteiger partial charge in [0.1, 0.15) is 5.75 Å². The van der Waals surface area contributed by atoms with Crippen LogP contribution < -0.4 is 10.1 Å². The van der Waals surface area contributed by atoms with Crippen LogP contribution in [0.5, 0.6) is 5.75 Å². The Morgan fingerprint density at radius 3 is 2.38 bits per heavy atom. The Morgan fingerprint density at radius 1 is 1.00 bits per heavy atom. The summed E-state index contributed by atoms with van der Waals surface area (Å²) in [5.41, 5.74) is 6.34. The van der Waals surface area contributed by atoms with Crippen LogP contribution >= 0.6 is 0 Å². The Balaban J connectivity index is 2.50. The first-order valence-corrected chi connectivity index (χ1v) is 7.52. The molecule has 0 fully saturated rings. The number of benzene rings is 2. The normalized spacial score (nSPS) is 12.2. The maximum atomic E-state index is 5.48. The largest absolute Gasteiger partial charge is 0.496 e. The van der Waals surface area contributed by atoms with Crippen LogP contribution in [0.3, 0.4) is 0 Å². The van der Waals surface area contributed by atoms with Gasteiger partial charge < -0.3 is 10.1 Å². The molecular weight excluding hydrogens is 258 g/mol. The number of nitrogens with one attached hydrogen (secondary N) is 1. The molecule has 1 atom stereocenters. The van der Waals surface area contributed by atoms with Gasteiger partial charge in [-0.3, -0.25) is 0 Å². The quantitative estimate of drug-likeness (QED) is 0.882. The van der Waals surface area contributed by atoms with Gasteiger partial charge in [0.2, 0.25) is 0 Å². The zero-order valence-electron chi connectivity index (χ0n) is 13.7. The summed E-state index contributed by atoms with van der Waals surface area (Å²) in [6.45, 7) is 9.45. The molecule has 0 aliphatic heterocycles. The average Bonchev–Trinajstić information content (AvgIpc) is 2.48. The van der Waals surface area contributed by atoms with Crippen LogP contribution in [-0.4, -0.2) is 13.7 Å². The summed E-state index contributed by atoms with van der Waals surface area (Å²) in [6, 6.07) is 13.3. The lowest BCUT2D eigenvalue weighted by Crippen LogP contribution is -2.23. The Labute approximate surface area is 128 Å². The Bertz CT molecular complexity index is 619.